The first-order chi connectivity index (χ1) is 8.74. The lowest BCUT2D eigenvalue weighted by molar-refractivity contribution is 1.23. The zero-order valence-corrected chi connectivity index (χ0v) is 10.2. The van der Waals surface area contributed by atoms with Gasteiger partial charge >= 0.3 is 0 Å². The fourth-order valence-corrected chi connectivity index (χ4v) is 2.04. The van der Waals surface area contributed by atoms with Crippen LogP contribution in [0.25, 0.3) is 22.3 Å². The van der Waals surface area contributed by atoms with Gasteiger partial charge in [0, 0.05) is 16.6 Å². The highest BCUT2D eigenvalue weighted by molar-refractivity contribution is 6.34. The minimum atomic E-state index is 0.465. The molecule has 4 heteroatoms. The minimum Gasteiger partial charge on any atom is -0.399 e. The molecule has 1 heterocycles. The first kappa shape index (κ1) is 11.0. The van der Waals surface area contributed by atoms with Crippen molar-refractivity contribution in [2.24, 2.45) is 0 Å². The van der Waals surface area contributed by atoms with Gasteiger partial charge in [-0.05, 0) is 36.4 Å². The van der Waals surface area contributed by atoms with E-state index in [-0.39, 0.29) is 0 Å². The molecule has 0 amide bonds. The highest BCUT2D eigenvalue weighted by Crippen LogP contribution is 2.24. The van der Waals surface area contributed by atoms with E-state index in [2.05, 4.69) is 9.97 Å². The van der Waals surface area contributed by atoms with E-state index in [4.69, 9.17) is 17.3 Å². The van der Waals surface area contributed by atoms with E-state index in [9.17, 15) is 0 Å². The van der Waals surface area contributed by atoms with Crippen LogP contribution in [0.3, 0.4) is 0 Å². The van der Waals surface area contributed by atoms with Crippen molar-refractivity contribution in [3.8, 4) is 11.4 Å². The van der Waals surface area contributed by atoms with Crippen LogP contribution in [0.2, 0.25) is 5.15 Å². The molecule has 0 bridgehead atoms. The first-order valence-electron chi connectivity index (χ1n) is 5.52. The summed E-state index contributed by atoms with van der Waals surface area (Å²) < 4.78 is 0. The fourth-order valence-electron chi connectivity index (χ4n) is 1.80. The molecule has 3 rings (SSSR count). The van der Waals surface area contributed by atoms with Gasteiger partial charge in [0.15, 0.2) is 5.82 Å². The predicted octanol–water partition coefficient (Wildman–Crippen LogP) is 3.53. The predicted molar refractivity (Wildman–Crippen MR) is 74.4 cm³/mol. The molecular weight excluding hydrogens is 246 g/mol. The van der Waals surface area contributed by atoms with Crippen molar-refractivity contribution >= 4 is 28.2 Å². The number of nitrogens with two attached hydrogens (primary N) is 1. The Bertz CT molecular complexity index is 708. The number of nitrogen functional groups attached to an aromatic ring is 1. The number of benzene rings is 2. The highest BCUT2D eigenvalue weighted by Gasteiger charge is 2.07. The second-order valence-electron chi connectivity index (χ2n) is 3.98. The van der Waals surface area contributed by atoms with Gasteiger partial charge in [0.1, 0.15) is 5.15 Å². The van der Waals surface area contributed by atoms with E-state index >= 15 is 0 Å². The summed E-state index contributed by atoms with van der Waals surface area (Å²) in [5.74, 6) is 0.610. The maximum Gasteiger partial charge on any atom is 0.161 e. The van der Waals surface area contributed by atoms with Gasteiger partial charge in [-0.15, -0.1) is 0 Å². The van der Waals surface area contributed by atoms with Crippen LogP contribution < -0.4 is 5.73 Å². The van der Waals surface area contributed by atoms with E-state index in [0.29, 0.717) is 16.7 Å². The Morgan fingerprint density at radius 1 is 0.889 bits per heavy atom. The highest BCUT2D eigenvalue weighted by atomic mass is 35.5. The van der Waals surface area contributed by atoms with Crippen LogP contribution in [0.5, 0.6) is 0 Å². The largest absolute Gasteiger partial charge is 0.399 e. The summed E-state index contributed by atoms with van der Waals surface area (Å²) in [5.41, 5.74) is 8.11. The van der Waals surface area contributed by atoms with E-state index in [0.717, 1.165) is 16.5 Å². The Morgan fingerprint density at radius 2 is 1.61 bits per heavy atom. The number of halogens is 1. The van der Waals surface area contributed by atoms with Crippen LogP contribution in [-0.2, 0) is 0 Å². The number of para-hydroxylation sites is 1. The third-order valence-electron chi connectivity index (χ3n) is 2.73. The molecule has 0 aliphatic carbocycles. The van der Waals surface area contributed by atoms with Crippen LogP contribution in [0.4, 0.5) is 5.69 Å². The number of hydrogen-bond acceptors (Lipinski definition) is 3. The number of nitrogens with zero attached hydrogens (tertiary/aromatic N) is 2. The van der Waals surface area contributed by atoms with Crippen molar-refractivity contribution in [1.82, 2.24) is 9.97 Å². The van der Waals surface area contributed by atoms with E-state index in [1.807, 2.05) is 48.5 Å². The minimum absolute atomic E-state index is 0.465. The molecular formula is C14H10ClN3. The lowest BCUT2D eigenvalue weighted by atomic mass is 10.2. The second kappa shape index (κ2) is 4.27. The molecule has 0 saturated heterocycles. The van der Waals surface area contributed by atoms with Crippen molar-refractivity contribution in [2.75, 3.05) is 5.73 Å². The van der Waals surface area contributed by atoms with Crippen LogP contribution in [0.1, 0.15) is 0 Å². The summed E-state index contributed by atoms with van der Waals surface area (Å²) in [7, 11) is 0. The van der Waals surface area contributed by atoms with Crippen molar-refractivity contribution in [3.63, 3.8) is 0 Å². The lowest BCUT2D eigenvalue weighted by Crippen LogP contribution is -1.92. The third kappa shape index (κ3) is 1.89. The molecule has 18 heavy (non-hydrogen) atoms. The van der Waals surface area contributed by atoms with Gasteiger partial charge in [0.05, 0.1) is 5.52 Å². The maximum absolute atomic E-state index is 6.17. The van der Waals surface area contributed by atoms with Gasteiger partial charge in [0.25, 0.3) is 0 Å². The van der Waals surface area contributed by atoms with Crippen molar-refractivity contribution in [3.05, 3.63) is 53.7 Å². The summed E-state index contributed by atoms with van der Waals surface area (Å²) in [5, 5.41) is 1.32. The first-order valence-corrected chi connectivity index (χ1v) is 5.90. The summed E-state index contributed by atoms with van der Waals surface area (Å²) in [6, 6.07) is 15.1. The van der Waals surface area contributed by atoms with Gasteiger partial charge < -0.3 is 5.73 Å². The number of rotatable bonds is 1. The SMILES string of the molecule is Nc1ccc(-c2nc(Cl)c3ccccc3n2)cc1. The molecule has 0 unspecified atom stereocenters. The summed E-state index contributed by atoms with van der Waals surface area (Å²) in [6.07, 6.45) is 0. The van der Waals surface area contributed by atoms with Crippen molar-refractivity contribution in [2.45, 2.75) is 0 Å². The van der Waals surface area contributed by atoms with Crippen LogP contribution in [0.15, 0.2) is 48.5 Å². The van der Waals surface area contributed by atoms with Gasteiger partial charge in [-0.25, -0.2) is 9.97 Å². The molecule has 0 saturated carbocycles. The Balaban J connectivity index is 2.21. The summed E-state index contributed by atoms with van der Waals surface area (Å²) in [6.45, 7) is 0. The number of hydrogen-bond donors (Lipinski definition) is 1. The van der Waals surface area contributed by atoms with Gasteiger partial charge in [0.2, 0.25) is 0 Å². The number of aromatic nitrogens is 2. The fraction of sp³-hybridized carbons (Fsp3) is 0. The average molecular weight is 256 g/mol. The second-order valence-corrected chi connectivity index (χ2v) is 4.34. The molecule has 0 aliphatic heterocycles. The molecule has 0 aliphatic rings. The molecule has 2 N–H and O–H groups in total. The molecule has 1 aromatic heterocycles. The Hall–Kier alpha value is -2.13. The topological polar surface area (TPSA) is 51.8 Å². The zero-order chi connectivity index (χ0) is 12.5. The van der Waals surface area contributed by atoms with Gasteiger partial charge in [-0.2, -0.15) is 0 Å². The summed E-state index contributed by atoms with van der Waals surface area (Å²) in [4.78, 5) is 8.81. The van der Waals surface area contributed by atoms with Gasteiger partial charge in [-0.3, -0.25) is 0 Å². The van der Waals surface area contributed by atoms with Gasteiger partial charge in [-0.1, -0.05) is 23.7 Å². The van der Waals surface area contributed by atoms with Crippen molar-refractivity contribution in [1.29, 1.82) is 0 Å². The molecule has 0 atom stereocenters. The van der Waals surface area contributed by atoms with Crippen LogP contribution >= 0.6 is 11.6 Å². The van der Waals surface area contributed by atoms with Crippen LogP contribution in [-0.4, -0.2) is 9.97 Å². The third-order valence-corrected chi connectivity index (χ3v) is 3.01. The lowest BCUT2D eigenvalue weighted by Gasteiger charge is -2.04. The quantitative estimate of drug-likeness (QED) is 0.535. The van der Waals surface area contributed by atoms with E-state index < -0.39 is 0 Å². The smallest absolute Gasteiger partial charge is 0.161 e. The molecule has 88 valence electrons. The maximum atomic E-state index is 6.17. The Labute approximate surface area is 109 Å². The normalized spacial score (nSPS) is 10.7. The zero-order valence-electron chi connectivity index (χ0n) is 9.47. The molecule has 3 nitrogen and oxygen atoms in total. The molecule has 0 spiro atoms. The molecule has 0 fully saturated rings. The molecule has 2 aromatic carbocycles. The molecule has 3 aromatic rings. The Morgan fingerprint density at radius 3 is 2.39 bits per heavy atom. The summed E-state index contributed by atoms with van der Waals surface area (Å²) >= 11 is 6.17. The standard InChI is InChI=1S/C14H10ClN3/c15-13-11-3-1-2-4-12(11)17-14(18-13)9-5-7-10(16)8-6-9/h1-8H,16H2. The Kier molecular flexibility index (Phi) is 2.61. The van der Waals surface area contributed by atoms with E-state index in [1.165, 1.54) is 0 Å². The average Bonchev–Trinajstić information content (AvgIpc) is 2.39. The monoisotopic (exact) mass is 255 g/mol. The number of fused-ring (bicyclic) bond motifs is 1. The van der Waals surface area contributed by atoms with E-state index in [1.54, 1.807) is 0 Å². The van der Waals surface area contributed by atoms with Crippen molar-refractivity contribution < 1.29 is 0 Å². The van der Waals surface area contributed by atoms with Crippen LogP contribution in [0, 0.1) is 0 Å². The number of anilines is 1. The molecule has 0 radical (unpaired) electrons.